The summed E-state index contributed by atoms with van der Waals surface area (Å²) in [4.78, 5) is 0. The molecule has 2 aromatic carbocycles. The molecule has 0 amide bonds. The summed E-state index contributed by atoms with van der Waals surface area (Å²) in [5.74, 6) is -0.110. The number of rotatable bonds is 3. The molecular weight excluding hydrogens is 257 g/mol. The number of nitrogens with one attached hydrogen (secondary N) is 1. The topological polar surface area (TPSA) is 52.5 Å². The molecule has 3 N–H and O–H groups in total. The highest BCUT2D eigenvalue weighted by atomic mass is 19.1. The number of benzene rings is 2. The minimum atomic E-state index is -0.394. The Bertz CT molecular complexity index is 641. The van der Waals surface area contributed by atoms with E-state index < -0.39 is 5.82 Å². The Morgan fingerprint density at radius 2 is 1.80 bits per heavy atom. The number of phenolic OH excluding ortho intramolecular Hbond substituents is 2. The Morgan fingerprint density at radius 3 is 2.50 bits per heavy atom. The number of aromatic hydroxyl groups is 2. The first kappa shape index (κ1) is 14.2. The smallest absolute Gasteiger partial charge is 0.123 e. The Labute approximate surface area is 117 Å². The summed E-state index contributed by atoms with van der Waals surface area (Å²) in [6.45, 7) is 5.46. The molecule has 0 radical (unpaired) electrons. The van der Waals surface area contributed by atoms with Crippen LogP contribution in [0.2, 0.25) is 0 Å². The van der Waals surface area contributed by atoms with Crippen molar-refractivity contribution in [2.45, 2.75) is 26.8 Å². The molecule has 3 nitrogen and oxygen atoms in total. The number of phenols is 2. The van der Waals surface area contributed by atoms with Gasteiger partial charge in [-0.3, -0.25) is 0 Å². The van der Waals surface area contributed by atoms with Crippen LogP contribution in [0.4, 0.5) is 10.1 Å². The minimum absolute atomic E-state index is 0.0420. The lowest BCUT2D eigenvalue weighted by Gasteiger charge is -2.19. The molecule has 0 bridgehead atoms. The van der Waals surface area contributed by atoms with E-state index in [1.54, 1.807) is 0 Å². The van der Waals surface area contributed by atoms with Crippen molar-refractivity contribution in [2.24, 2.45) is 0 Å². The van der Waals surface area contributed by atoms with Gasteiger partial charge in [0.05, 0.1) is 6.04 Å². The van der Waals surface area contributed by atoms with Gasteiger partial charge in [0.15, 0.2) is 0 Å². The van der Waals surface area contributed by atoms with Crippen molar-refractivity contribution in [2.75, 3.05) is 5.32 Å². The molecule has 0 spiro atoms. The van der Waals surface area contributed by atoms with Crippen LogP contribution in [0.5, 0.6) is 11.5 Å². The average molecular weight is 275 g/mol. The van der Waals surface area contributed by atoms with Crippen LogP contribution in [0.3, 0.4) is 0 Å². The van der Waals surface area contributed by atoms with Crippen LogP contribution in [0, 0.1) is 19.7 Å². The normalized spacial score (nSPS) is 12.2. The summed E-state index contributed by atoms with van der Waals surface area (Å²) in [6, 6.07) is 7.24. The maximum Gasteiger partial charge on any atom is 0.123 e. The lowest BCUT2D eigenvalue weighted by molar-refractivity contribution is 0.462. The van der Waals surface area contributed by atoms with Gasteiger partial charge in [-0.05, 0) is 50.6 Å². The largest absolute Gasteiger partial charge is 0.508 e. The summed E-state index contributed by atoms with van der Waals surface area (Å²) >= 11 is 0. The maximum absolute atomic E-state index is 13.3. The highest BCUT2D eigenvalue weighted by Gasteiger charge is 2.14. The number of halogens is 1. The second kappa shape index (κ2) is 5.41. The summed E-state index contributed by atoms with van der Waals surface area (Å²) < 4.78 is 13.3. The summed E-state index contributed by atoms with van der Waals surface area (Å²) in [6.07, 6.45) is 0. The van der Waals surface area contributed by atoms with Gasteiger partial charge in [-0.2, -0.15) is 0 Å². The molecule has 2 rings (SSSR count). The van der Waals surface area contributed by atoms with Gasteiger partial charge in [0.1, 0.15) is 17.3 Å². The zero-order valence-electron chi connectivity index (χ0n) is 11.7. The molecule has 0 aliphatic carbocycles. The van der Waals surface area contributed by atoms with Crippen molar-refractivity contribution >= 4 is 5.69 Å². The molecule has 20 heavy (non-hydrogen) atoms. The van der Waals surface area contributed by atoms with Gasteiger partial charge in [0.2, 0.25) is 0 Å². The van der Waals surface area contributed by atoms with Gasteiger partial charge < -0.3 is 15.5 Å². The molecule has 1 atom stereocenters. The van der Waals surface area contributed by atoms with Gasteiger partial charge in [-0.15, -0.1) is 0 Å². The number of hydrogen-bond donors (Lipinski definition) is 3. The molecule has 1 unspecified atom stereocenters. The van der Waals surface area contributed by atoms with Gasteiger partial charge in [-0.1, -0.05) is 6.07 Å². The molecule has 4 heteroatoms. The van der Waals surface area contributed by atoms with Crippen LogP contribution >= 0.6 is 0 Å². The fraction of sp³-hybridized carbons (Fsp3) is 0.250. The average Bonchev–Trinajstić information content (AvgIpc) is 2.42. The van der Waals surface area contributed by atoms with E-state index in [1.807, 2.05) is 32.9 Å². The first-order chi connectivity index (χ1) is 9.40. The SMILES string of the molecule is Cc1ccc(NC(C)c2cc(F)ccc2O)c(C)c1O. The van der Waals surface area contributed by atoms with Crippen molar-refractivity contribution < 1.29 is 14.6 Å². The highest BCUT2D eigenvalue weighted by molar-refractivity contribution is 5.60. The predicted octanol–water partition coefficient (Wildman–Crippen LogP) is 4.03. The van der Waals surface area contributed by atoms with E-state index in [0.717, 1.165) is 16.8 Å². The van der Waals surface area contributed by atoms with Crippen molar-refractivity contribution in [3.8, 4) is 11.5 Å². The lowest BCUT2D eigenvalue weighted by Crippen LogP contribution is -2.08. The van der Waals surface area contributed by atoms with Gasteiger partial charge in [0, 0.05) is 16.8 Å². The number of anilines is 1. The van der Waals surface area contributed by atoms with E-state index in [-0.39, 0.29) is 17.5 Å². The minimum Gasteiger partial charge on any atom is -0.508 e. The Balaban J connectivity index is 2.30. The number of aryl methyl sites for hydroxylation is 1. The highest BCUT2D eigenvalue weighted by Crippen LogP contribution is 2.32. The molecule has 0 aromatic heterocycles. The van der Waals surface area contributed by atoms with E-state index in [1.165, 1.54) is 18.2 Å². The molecule has 0 fully saturated rings. The van der Waals surface area contributed by atoms with Gasteiger partial charge >= 0.3 is 0 Å². The monoisotopic (exact) mass is 275 g/mol. The maximum atomic E-state index is 13.3. The molecule has 0 aliphatic rings. The zero-order chi connectivity index (χ0) is 14.9. The van der Waals surface area contributed by atoms with E-state index in [9.17, 15) is 14.6 Å². The Morgan fingerprint density at radius 1 is 1.10 bits per heavy atom. The van der Waals surface area contributed by atoms with E-state index in [4.69, 9.17) is 0 Å². The zero-order valence-corrected chi connectivity index (χ0v) is 11.7. The van der Waals surface area contributed by atoms with E-state index in [0.29, 0.717) is 5.56 Å². The number of hydrogen-bond acceptors (Lipinski definition) is 3. The first-order valence-corrected chi connectivity index (χ1v) is 6.44. The molecule has 0 saturated heterocycles. The third-order valence-corrected chi connectivity index (χ3v) is 3.46. The molecule has 0 aliphatic heterocycles. The summed E-state index contributed by atoms with van der Waals surface area (Å²) in [5.41, 5.74) is 2.76. The van der Waals surface area contributed by atoms with Gasteiger partial charge in [0.25, 0.3) is 0 Å². The lowest BCUT2D eigenvalue weighted by atomic mass is 10.0. The molecule has 0 heterocycles. The van der Waals surface area contributed by atoms with Crippen LogP contribution in [-0.2, 0) is 0 Å². The second-order valence-electron chi connectivity index (χ2n) is 4.97. The predicted molar refractivity (Wildman–Crippen MR) is 77.7 cm³/mol. The van der Waals surface area contributed by atoms with Crippen molar-refractivity contribution in [3.63, 3.8) is 0 Å². The Hall–Kier alpha value is -2.23. The van der Waals surface area contributed by atoms with Crippen LogP contribution in [-0.4, -0.2) is 10.2 Å². The second-order valence-corrected chi connectivity index (χ2v) is 4.97. The third-order valence-electron chi connectivity index (χ3n) is 3.46. The van der Waals surface area contributed by atoms with Crippen molar-refractivity contribution in [1.29, 1.82) is 0 Å². The van der Waals surface area contributed by atoms with Crippen LogP contribution in [0.25, 0.3) is 0 Å². The molecular formula is C16H18FNO2. The molecule has 0 saturated carbocycles. The van der Waals surface area contributed by atoms with Crippen molar-refractivity contribution in [1.82, 2.24) is 0 Å². The first-order valence-electron chi connectivity index (χ1n) is 6.44. The van der Waals surface area contributed by atoms with E-state index in [2.05, 4.69) is 5.32 Å². The summed E-state index contributed by atoms with van der Waals surface area (Å²) in [5, 5.41) is 22.9. The van der Waals surface area contributed by atoms with Crippen LogP contribution < -0.4 is 5.32 Å². The van der Waals surface area contributed by atoms with Gasteiger partial charge in [-0.25, -0.2) is 4.39 Å². The molecule has 106 valence electrons. The van der Waals surface area contributed by atoms with Crippen molar-refractivity contribution in [3.05, 3.63) is 52.8 Å². The van der Waals surface area contributed by atoms with E-state index >= 15 is 0 Å². The third kappa shape index (κ3) is 2.69. The standard InChI is InChI=1S/C16H18FNO2/c1-9-4-6-14(10(2)16(9)20)18-11(3)13-8-12(17)5-7-15(13)19/h4-8,11,18-20H,1-3H3. The fourth-order valence-corrected chi connectivity index (χ4v) is 2.18. The Kier molecular flexibility index (Phi) is 3.84. The molecule has 2 aromatic rings. The van der Waals surface area contributed by atoms with Crippen LogP contribution in [0.15, 0.2) is 30.3 Å². The summed E-state index contributed by atoms with van der Waals surface area (Å²) in [7, 11) is 0. The quantitative estimate of drug-likeness (QED) is 0.792. The van der Waals surface area contributed by atoms with Crippen LogP contribution in [0.1, 0.15) is 29.7 Å². The fourth-order valence-electron chi connectivity index (χ4n) is 2.18.